The highest BCUT2D eigenvalue weighted by Gasteiger charge is 2.26. The van der Waals surface area contributed by atoms with E-state index in [-0.39, 0.29) is 17.5 Å². The van der Waals surface area contributed by atoms with Crippen molar-refractivity contribution in [3.8, 4) is 17.2 Å². The average molecular weight is 535 g/mol. The summed E-state index contributed by atoms with van der Waals surface area (Å²) in [5, 5.41) is 8.48. The smallest absolute Gasteiger partial charge is 0.280 e. The maximum atomic E-state index is 14.6. The molecule has 2 aromatic heterocycles. The number of fused-ring (bicyclic) bond motifs is 1. The molecule has 0 aliphatic heterocycles. The number of hydrogen-bond acceptors (Lipinski definition) is 6. The molecule has 0 bridgehead atoms. The molecule has 0 radical (unpaired) electrons. The Hall–Kier alpha value is -4.31. The summed E-state index contributed by atoms with van der Waals surface area (Å²) >= 11 is 1.29. The van der Waals surface area contributed by atoms with Crippen LogP contribution in [0.1, 0.15) is 33.3 Å². The minimum atomic E-state index is -0.731. The second-order valence-corrected chi connectivity index (χ2v) is 9.96. The topological polar surface area (TPSA) is 78.3 Å². The number of carbonyl (C=O) groups is 1. The lowest BCUT2D eigenvalue weighted by Gasteiger charge is -2.26. The number of nitrogens with zero attached hydrogens (tertiary/aromatic N) is 3. The first-order chi connectivity index (χ1) is 18.3. The standard InChI is InChI=1S/C28H24F2N4O3S/c1-16-14-31-28(38-16)27(35)33-17(2)26(18-4-11-25(36-3)23(30)13-18)37-22-9-10-24-19(12-22)15-32-34(24)21-7-5-20(29)6-8-21/h4-15,17,26H,1-3H3,(H,33,35). The molecule has 10 heteroatoms. The number of amides is 1. The maximum Gasteiger partial charge on any atom is 0.280 e. The molecule has 3 aromatic carbocycles. The van der Waals surface area contributed by atoms with Gasteiger partial charge < -0.3 is 14.8 Å². The van der Waals surface area contributed by atoms with Crippen molar-refractivity contribution in [1.29, 1.82) is 0 Å². The number of rotatable bonds is 8. The molecular weight excluding hydrogens is 510 g/mol. The molecule has 0 aliphatic rings. The SMILES string of the molecule is COc1ccc(C(Oc2ccc3c(cnn3-c3ccc(F)cc3)c2)C(C)NC(=O)c2ncc(C)s2)cc1F. The molecule has 5 rings (SSSR count). The maximum absolute atomic E-state index is 14.6. The van der Waals surface area contributed by atoms with E-state index in [0.29, 0.717) is 16.3 Å². The fourth-order valence-corrected chi connectivity index (χ4v) is 4.81. The summed E-state index contributed by atoms with van der Waals surface area (Å²) in [6.07, 6.45) is 2.59. The van der Waals surface area contributed by atoms with Gasteiger partial charge in [0.05, 0.1) is 30.6 Å². The van der Waals surface area contributed by atoms with Gasteiger partial charge in [-0.3, -0.25) is 4.79 Å². The molecule has 0 saturated carbocycles. The quantitative estimate of drug-likeness (QED) is 0.264. The summed E-state index contributed by atoms with van der Waals surface area (Å²) in [6.45, 7) is 3.66. The summed E-state index contributed by atoms with van der Waals surface area (Å²) < 4.78 is 41.1. The molecule has 38 heavy (non-hydrogen) atoms. The molecule has 2 atom stereocenters. The Morgan fingerprint density at radius 3 is 2.53 bits per heavy atom. The van der Waals surface area contributed by atoms with Crippen LogP contribution in [0.15, 0.2) is 73.1 Å². The van der Waals surface area contributed by atoms with Gasteiger partial charge in [0.25, 0.3) is 5.91 Å². The van der Waals surface area contributed by atoms with Crippen LogP contribution in [0.4, 0.5) is 8.78 Å². The summed E-state index contributed by atoms with van der Waals surface area (Å²) in [7, 11) is 1.40. The molecule has 0 spiro atoms. The van der Waals surface area contributed by atoms with Gasteiger partial charge in [-0.2, -0.15) is 5.10 Å². The largest absolute Gasteiger partial charge is 0.494 e. The van der Waals surface area contributed by atoms with Crippen molar-refractivity contribution in [3.63, 3.8) is 0 Å². The first-order valence-electron chi connectivity index (χ1n) is 11.8. The number of halogens is 2. The Morgan fingerprint density at radius 2 is 1.84 bits per heavy atom. The van der Waals surface area contributed by atoms with Crippen molar-refractivity contribution in [2.75, 3.05) is 7.11 Å². The first kappa shape index (κ1) is 25.3. The van der Waals surface area contributed by atoms with E-state index in [4.69, 9.17) is 9.47 Å². The molecule has 2 heterocycles. The summed E-state index contributed by atoms with van der Waals surface area (Å²) in [6, 6.07) is 15.5. The molecular formula is C28H24F2N4O3S. The molecule has 5 aromatic rings. The zero-order chi connectivity index (χ0) is 26.8. The molecule has 1 amide bonds. The zero-order valence-electron chi connectivity index (χ0n) is 20.8. The van der Waals surface area contributed by atoms with Crippen molar-refractivity contribution < 1.29 is 23.0 Å². The van der Waals surface area contributed by atoms with Crippen LogP contribution in [0.5, 0.6) is 11.5 Å². The molecule has 0 aliphatic carbocycles. The summed E-state index contributed by atoms with van der Waals surface area (Å²) in [4.78, 5) is 17.9. The minimum absolute atomic E-state index is 0.108. The highest BCUT2D eigenvalue weighted by atomic mass is 32.1. The van der Waals surface area contributed by atoms with Gasteiger partial charge in [-0.1, -0.05) is 6.07 Å². The minimum Gasteiger partial charge on any atom is -0.494 e. The summed E-state index contributed by atoms with van der Waals surface area (Å²) in [5.41, 5.74) is 2.04. The van der Waals surface area contributed by atoms with Crippen LogP contribution in [0.25, 0.3) is 16.6 Å². The van der Waals surface area contributed by atoms with E-state index >= 15 is 0 Å². The Bertz CT molecular complexity index is 1600. The van der Waals surface area contributed by atoms with Crippen LogP contribution in [-0.2, 0) is 0 Å². The third-order valence-corrected chi connectivity index (χ3v) is 6.92. The molecule has 0 fully saturated rings. The van der Waals surface area contributed by atoms with Crippen molar-refractivity contribution in [2.24, 2.45) is 0 Å². The predicted octanol–water partition coefficient (Wildman–Crippen LogP) is 6.02. The predicted molar refractivity (Wildman–Crippen MR) is 141 cm³/mol. The second kappa shape index (κ2) is 10.6. The number of ether oxygens (including phenoxy) is 2. The number of methoxy groups -OCH3 is 1. The van der Waals surface area contributed by atoms with E-state index < -0.39 is 18.0 Å². The van der Waals surface area contributed by atoms with E-state index in [2.05, 4.69) is 15.4 Å². The van der Waals surface area contributed by atoms with Crippen molar-refractivity contribution in [1.82, 2.24) is 20.1 Å². The van der Waals surface area contributed by atoms with Crippen LogP contribution in [0, 0.1) is 18.6 Å². The van der Waals surface area contributed by atoms with E-state index in [1.807, 2.05) is 19.1 Å². The normalized spacial score (nSPS) is 12.8. The van der Waals surface area contributed by atoms with E-state index in [1.165, 1.54) is 42.7 Å². The van der Waals surface area contributed by atoms with Crippen LogP contribution in [0.2, 0.25) is 0 Å². The van der Waals surface area contributed by atoms with Gasteiger partial charge in [-0.15, -0.1) is 11.3 Å². The number of aryl methyl sites for hydroxylation is 1. The highest BCUT2D eigenvalue weighted by Crippen LogP contribution is 2.31. The number of benzene rings is 3. The Labute approximate surface area is 221 Å². The molecule has 194 valence electrons. The van der Waals surface area contributed by atoms with E-state index in [9.17, 15) is 13.6 Å². The van der Waals surface area contributed by atoms with Gasteiger partial charge in [0, 0.05) is 16.5 Å². The Balaban J connectivity index is 1.45. The van der Waals surface area contributed by atoms with Crippen LogP contribution in [0.3, 0.4) is 0 Å². The average Bonchev–Trinajstić information content (AvgIpc) is 3.53. The molecule has 7 nitrogen and oxygen atoms in total. The number of carbonyl (C=O) groups excluding carboxylic acids is 1. The van der Waals surface area contributed by atoms with Gasteiger partial charge in [0.1, 0.15) is 17.7 Å². The Morgan fingerprint density at radius 1 is 1.05 bits per heavy atom. The van der Waals surface area contributed by atoms with Gasteiger partial charge in [0.2, 0.25) is 0 Å². The van der Waals surface area contributed by atoms with Crippen molar-refractivity contribution in [3.05, 3.63) is 100 Å². The highest BCUT2D eigenvalue weighted by molar-refractivity contribution is 7.13. The molecule has 1 N–H and O–H groups in total. The first-order valence-corrected chi connectivity index (χ1v) is 12.6. The number of nitrogens with one attached hydrogen (secondary N) is 1. The number of hydrogen-bond donors (Lipinski definition) is 1. The van der Waals surface area contributed by atoms with Gasteiger partial charge in [-0.25, -0.2) is 18.4 Å². The molecule has 2 unspecified atom stereocenters. The fourth-order valence-electron chi connectivity index (χ4n) is 4.14. The van der Waals surface area contributed by atoms with Crippen LogP contribution < -0.4 is 14.8 Å². The van der Waals surface area contributed by atoms with Crippen molar-refractivity contribution >= 4 is 28.1 Å². The third kappa shape index (κ3) is 5.21. The lowest BCUT2D eigenvalue weighted by atomic mass is 10.0. The molecule has 0 saturated heterocycles. The van der Waals surface area contributed by atoms with E-state index in [0.717, 1.165) is 21.5 Å². The van der Waals surface area contributed by atoms with Crippen LogP contribution in [-0.4, -0.2) is 33.8 Å². The van der Waals surface area contributed by atoms with Crippen molar-refractivity contribution in [2.45, 2.75) is 26.0 Å². The third-order valence-electron chi connectivity index (χ3n) is 6.01. The van der Waals surface area contributed by atoms with Gasteiger partial charge >= 0.3 is 0 Å². The second-order valence-electron chi connectivity index (χ2n) is 8.72. The fraction of sp³-hybridized carbons (Fsp3) is 0.179. The lowest BCUT2D eigenvalue weighted by molar-refractivity contribution is 0.0881. The zero-order valence-corrected chi connectivity index (χ0v) is 21.6. The Kier molecular flexibility index (Phi) is 7.06. The number of thiazole rings is 1. The lowest BCUT2D eigenvalue weighted by Crippen LogP contribution is -2.39. The van der Waals surface area contributed by atoms with Gasteiger partial charge in [0.15, 0.2) is 16.6 Å². The van der Waals surface area contributed by atoms with E-state index in [1.54, 1.807) is 48.3 Å². The van der Waals surface area contributed by atoms with Gasteiger partial charge in [-0.05, 0) is 74.0 Å². The number of aromatic nitrogens is 3. The summed E-state index contributed by atoms with van der Waals surface area (Å²) in [5.74, 6) is -0.591. The van der Waals surface area contributed by atoms with Crippen LogP contribution >= 0.6 is 11.3 Å². The monoisotopic (exact) mass is 534 g/mol.